The monoisotopic (exact) mass is 1260 g/mol. The quantitative estimate of drug-likeness (QED) is 0.0902. The molecular formula is C81H70Br2O4. The van der Waals surface area contributed by atoms with Gasteiger partial charge >= 0.3 is 0 Å². The second kappa shape index (κ2) is 29.1. The molecule has 11 aromatic rings. The van der Waals surface area contributed by atoms with Gasteiger partial charge in [0.05, 0.1) is 0 Å². The molecule has 0 N–H and O–H groups in total. The molecule has 13 rings (SSSR count). The lowest BCUT2D eigenvalue weighted by molar-refractivity contribution is 0.124. The van der Waals surface area contributed by atoms with Gasteiger partial charge in [0, 0.05) is 59.0 Å². The predicted octanol–water partition coefficient (Wildman–Crippen LogP) is 22.0. The third-order valence-electron chi connectivity index (χ3n) is 16.1. The first-order chi connectivity index (χ1) is 42.7. The van der Waals surface area contributed by atoms with Gasteiger partial charge < -0.3 is 18.9 Å². The number of unbranched alkanes of at least 4 members (excludes halogenated alkanes) is 6. The van der Waals surface area contributed by atoms with Crippen molar-refractivity contribution in [2.24, 2.45) is 0 Å². The lowest BCUT2D eigenvalue weighted by Crippen LogP contribution is -2.03. The molecule has 87 heavy (non-hydrogen) atoms. The summed E-state index contributed by atoms with van der Waals surface area (Å²) in [6.45, 7) is 7.09. The highest BCUT2D eigenvalue weighted by Gasteiger charge is 2.24. The Morgan fingerprint density at radius 1 is 0.322 bits per heavy atom. The maximum absolute atomic E-state index is 6.14. The molecule has 432 valence electrons. The summed E-state index contributed by atoms with van der Waals surface area (Å²) in [5, 5.41) is 9.10. The lowest BCUT2D eigenvalue weighted by Gasteiger charge is -2.14. The van der Waals surface area contributed by atoms with E-state index in [4.69, 9.17) is 25.4 Å². The van der Waals surface area contributed by atoms with Crippen molar-refractivity contribution in [1.82, 2.24) is 0 Å². The van der Waals surface area contributed by atoms with Crippen molar-refractivity contribution in [2.45, 2.75) is 97.8 Å². The van der Waals surface area contributed by atoms with Crippen LogP contribution in [0.3, 0.4) is 0 Å². The summed E-state index contributed by atoms with van der Waals surface area (Å²) in [6, 6.07) is 67.8. The molecule has 2 heterocycles. The highest BCUT2D eigenvalue weighted by molar-refractivity contribution is 9.10. The van der Waals surface area contributed by atoms with Gasteiger partial charge in [-0.3, -0.25) is 0 Å². The highest BCUT2D eigenvalue weighted by atomic mass is 79.9. The molecule has 0 aromatic heterocycles. The highest BCUT2D eigenvalue weighted by Crippen LogP contribution is 2.49. The molecule has 11 aromatic carbocycles. The summed E-state index contributed by atoms with van der Waals surface area (Å²) >= 11 is 7.12. The average molecular weight is 1270 g/mol. The van der Waals surface area contributed by atoms with Crippen LogP contribution in [0.5, 0.6) is 23.0 Å². The summed E-state index contributed by atoms with van der Waals surface area (Å²) in [5.41, 5.74) is 13.4. The summed E-state index contributed by atoms with van der Waals surface area (Å²) in [7, 11) is 0. The van der Waals surface area contributed by atoms with Crippen molar-refractivity contribution in [3.63, 3.8) is 0 Å². The number of terminal acetylenes is 1. The first-order valence-corrected chi connectivity index (χ1v) is 32.2. The summed E-state index contributed by atoms with van der Waals surface area (Å²) in [6.07, 6.45) is 20.1. The van der Waals surface area contributed by atoms with Gasteiger partial charge in [0.2, 0.25) is 13.6 Å². The Labute approximate surface area is 530 Å². The van der Waals surface area contributed by atoms with E-state index in [0.29, 0.717) is 0 Å². The molecule has 2 aliphatic heterocycles. The number of aryl methyl sites for hydroxylation is 3. The zero-order valence-electron chi connectivity index (χ0n) is 49.8. The minimum absolute atomic E-state index is 0.166. The van der Waals surface area contributed by atoms with Crippen molar-refractivity contribution in [3.8, 4) is 81.3 Å². The first kappa shape index (κ1) is 60.0. The van der Waals surface area contributed by atoms with E-state index in [1.807, 2.05) is 24.3 Å². The van der Waals surface area contributed by atoms with Crippen LogP contribution in [-0.2, 0) is 19.3 Å². The fraction of sp³-hybridized carbons (Fsp3) is 0.210. The van der Waals surface area contributed by atoms with Gasteiger partial charge in [-0.2, -0.15) is 0 Å². The predicted molar refractivity (Wildman–Crippen MR) is 370 cm³/mol. The van der Waals surface area contributed by atoms with Gasteiger partial charge in [-0.05, 0) is 207 Å². The van der Waals surface area contributed by atoms with Crippen LogP contribution in [0, 0.1) is 36.0 Å². The minimum Gasteiger partial charge on any atom is -0.457 e. The zero-order chi connectivity index (χ0) is 59.9. The fourth-order valence-electron chi connectivity index (χ4n) is 11.5. The van der Waals surface area contributed by atoms with Crippen LogP contribution in [0.25, 0.3) is 65.3 Å². The molecule has 0 amide bonds. The Kier molecular flexibility index (Phi) is 20.1. The van der Waals surface area contributed by atoms with Crippen molar-refractivity contribution < 1.29 is 18.9 Å². The van der Waals surface area contributed by atoms with Crippen LogP contribution < -0.4 is 18.9 Å². The lowest BCUT2D eigenvalue weighted by atomic mass is 9.91. The Hall–Kier alpha value is -8.70. The van der Waals surface area contributed by atoms with E-state index in [0.717, 1.165) is 127 Å². The number of hydrogen-bond donors (Lipinski definition) is 0. The number of halogens is 2. The Morgan fingerprint density at radius 2 is 0.609 bits per heavy atom. The van der Waals surface area contributed by atoms with Gasteiger partial charge in [0.1, 0.15) is 23.0 Å². The molecule has 0 fully saturated rings. The smallest absolute Gasteiger partial charge is 0.230 e. The standard InChI is InChI=1S/C47H42O2.C21H12Br2O2.C13H16/c1-3-5-7-9-34-11-15-36(16-12-34)19-21-38-23-27-42-40(31-38)25-29-44-46(42)47-43-28-24-39(32-41(43)26-30-45(47)49-33-48-44)22-20-37-17-13-35(14-18-37)10-8-6-4-2;22-14-3-5-16-12(9-14)1-7-18-20(16)21-17-6-4-15(23)10-13(17)2-8-19(21)25-11-24-18;1-3-5-6-7-13-10-8-12(4-2)9-11-13/h11-18,23-32H,3-10,33H2,1-2H3;1-10H,11H2;2,8-11H,3,5-7H2,1H3. The van der Waals surface area contributed by atoms with E-state index >= 15 is 0 Å². The van der Waals surface area contributed by atoms with Crippen LogP contribution in [0.1, 0.15) is 123 Å². The van der Waals surface area contributed by atoms with Crippen molar-refractivity contribution >= 4 is 74.9 Å². The second-order valence-electron chi connectivity index (χ2n) is 22.3. The van der Waals surface area contributed by atoms with Crippen LogP contribution in [0.15, 0.2) is 203 Å². The summed E-state index contributed by atoms with van der Waals surface area (Å²) < 4.78 is 26.2. The molecule has 2 aliphatic rings. The van der Waals surface area contributed by atoms with E-state index in [1.165, 1.54) is 91.7 Å². The Balaban J connectivity index is 0.000000169. The first-order valence-electron chi connectivity index (χ1n) is 30.6. The number of rotatable bonds is 12. The van der Waals surface area contributed by atoms with E-state index in [1.54, 1.807) is 0 Å². The molecule has 0 radical (unpaired) electrons. The van der Waals surface area contributed by atoms with E-state index in [2.05, 4.69) is 252 Å². The number of fused-ring (bicyclic) bond motifs is 14. The van der Waals surface area contributed by atoms with Crippen LogP contribution >= 0.6 is 31.9 Å². The van der Waals surface area contributed by atoms with Crippen molar-refractivity contribution in [1.29, 1.82) is 0 Å². The molecule has 0 spiro atoms. The molecule has 0 saturated carbocycles. The molecule has 0 bridgehead atoms. The van der Waals surface area contributed by atoms with E-state index in [-0.39, 0.29) is 13.6 Å². The third-order valence-corrected chi connectivity index (χ3v) is 17.1. The van der Waals surface area contributed by atoms with Gasteiger partial charge in [0.25, 0.3) is 0 Å². The van der Waals surface area contributed by atoms with Crippen molar-refractivity contribution in [2.75, 3.05) is 13.6 Å². The SMILES string of the molecule is Brc1ccc2c3c(ccc2c1)OCOc1ccc2cc(Br)ccc2c1-3.C#Cc1ccc(CCCCC)cc1.CCCCCc1ccc(C#Cc2ccc3c4c(ccc3c2)OCOc2ccc3cc(C#Cc5ccc(CCCCC)cc5)ccc3c2-4)cc1. The van der Waals surface area contributed by atoms with Crippen LogP contribution in [0.2, 0.25) is 0 Å². The van der Waals surface area contributed by atoms with Crippen LogP contribution in [0.4, 0.5) is 0 Å². The van der Waals surface area contributed by atoms with Gasteiger partial charge in [-0.15, -0.1) is 6.42 Å². The molecule has 6 heteroatoms. The maximum Gasteiger partial charge on any atom is 0.230 e. The Morgan fingerprint density at radius 3 is 0.931 bits per heavy atom. The molecule has 4 nitrogen and oxygen atoms in total. The van der Waals surface area contributed by atoms with Crippen molar-refractivity contribution in [3.05, 3.63) is 248 Å². The minimum atomic E-state index is 0.166. The maximum atomic E-state index is 6.14. The average Bonchev–Trinajstić information content (AvgIpc) is 2.38. The van der Waals surface area contributed by atoms with Gasteiger partial charge in [-0.25, -0.2) is 0 Å². The largest absolute Gasteiger partial charge is 0.457 e. The number of ether oxygens (including phenoxy) is 4. The molecular weight excluding hydrogens is 1200 g/mol. The number of benzene rings is 11. The molecule has 0 unspecified atom stereocenters. The van der Waals surface area contributed by atoms with E-state index < -0.39 is 0 Å². The van der Waals surface area contributed by atoms with E-state index in [9.17, 15) is 0 Å². The second-order valence-corrected chi connectivity index (χ2v) is 24.1. The fourth-order valence-corrected chi connectivity index (χ4v) is 12.2. The number of hydrogen-bond acceptors (Lipinski definition) is 4. The normalized spacial score (nSPS) is 11.7. The van der Waals surface area contributed by atoms with Gasteiger partial charge in [-0.1, -0.05) is 206 Å². The zero-order valence-corrected chi connectivity index (χ0v) is 53.0. The summed E-state index contributed by atoms with van der Waals surface area (Å²) in [5.74, 6) is 19.5. The van der Waals surface area contributed by atoms with Crippen LogP contribution in [-0.4, -0.2) is 13.6 Å². The molecule has 0 aliphatic carbocycles. The Bertz CT molecular complexity index is 4160. The molecule has 0 saturated heterocycles. The third kappa shape index (κ3) is 14.8. The summed E-state index contributed by atoms with van der Waals surface area (Å²) in [4.78, 5) is 0. The molecule has 0 atom stereocenters. The van der Waals surface area contributed by atoms with Gasteiger partial charge in [0.15, 0.2) is 0 Å². The topological polar surface area (TPSA) is 36.9 Å².